The molecule has 0 unspecified atom stereocenters. The standard InChI is InChI=1S/C30H25ClF3NO5/c1-17(2)39-26-16-24-27(29-28(26)37-11-12-38-29)25(9-10-35-24)40-21-6-3-18(4-7-21)13-20(36)14-19-5-8-23(31)22(15-19)30(32,33)34/h3-10,15-17H,11-14H2,1-2H3. The molecule has 0 fully saturated rings. The van der Waals surface area contributed by atoms with Crippen LogP contribution in [0.4, 0.5) is 13.2 Å². The van der Waals surface area contributed by atoms with Crippen molar-refractivity contribution in [2.75, 3.05) is 13.2 Å². The quantitative estimate of drug-likeness (QED) is 0.217. The molecule has 1 aromatic heterocycles. The van der Waals surface area contributed by atoms with Gasteiger partial charge in [0.15, 0.2) is 11.5 Å². The minimum atomic E-state index is -4.59. The molecule has 5 rings (SSSR count). The van der Waals surface area contributed by atoms with Crippen LogP contribution in [0.5, 0.6) is 28.7 Å². The Morgan fingerprint density at radius 1 is 0.950 bits per heavy atom. The number of hydrogen-bond acceptors (Lipinski definition) is 6. The first kappa shape index (κ1) is 27.6. The van der Waals surface area contributed by atoms with Gasteiger partial charge < -0.3 is 18.9 Å². The van der Waals surface area contributed by atoms with Crippen molar-refractivity contribution in [2.45, 2.75) is 39.0 Å². The van der Waals surface area contributed by atoms with E-state index in [2.05, 4.69) is 4.98 Å². The number of ether oxygens (including phenoxy) is 4. The Bertz CT molecular complexity index is 1550. The fourth-order valence-electron chi connectivity index (χ4n) is 4.42. The summed E-state index contributed by atoms with van der Waals surface area (Å²) in [5.74, 6) is 2.35. The third-order valence-electron chi connectivity index (χ3n) is 6.10. The van der Waals surface area contributed by atoms with Gasteiger partial charge in [0, 0.05) is 25.1 Å². The van der Waals surface area contributed by atoms with Gasteiger partial charge in [-0.3, -0.25) is 9.78 Å². The number of halogens is 4. The maximum absolute atomic E-state index is 13.1. The topological polar surface area (TPSA) is 66.9 Å². The summed E-state index contributed by atoms with van der Waals surface area (Å²) in [5, 5.41) is 0.249. The average molecular weight is 572 g/mol. The normalized spacial score (nSPS) is 13.0. The van der Waals surface area contributed by atoms with E-state index in [1.54, 1.807) is 42.6 Å². The molecule has 0 radical (unpaired) electrons. The van der Waals surface area contributed by atoms with Crippen molar-refractivity contribution < 1.29 is 36.9 Å². The largest absolute Gasteiger partial charge is 0.487 e. The highest BCUT2D eigenvalue weighted by Crippen LogP contribution is 2.48. The van der Waals surface area contributed by atoms with Crippen molar-refractivity contribution in [3.63, 3.8) is 0 Å². The Balaban J connectivity index is 1.32. The molecule has 0 saturated carbocycles. The first-order valence-corrected chi connectivity index (χ1v) is 13.0. The van der Waals surface area contributed by atoms with Crippen molar-refractivity contribution in [3.05, 3.63) is 82.5 Å². The third-order valence-corrected chi connectivity index (χ3v) is 6.43. The second kappa shape index (κ2) is 11.3. The van der Waals surface area contributed by atoms with Gasteiger partial charge in [-0.2, -0.15) is 13.2 Å². The van der Waals surface area contributed by atoms with Gasteiger partial charge in [-0.05, 0) is 55.3 Å². The van der Waals surface area contributed by atoms with Crippen LogP contribution < -0.4 is 18.9 Å². The Kier molecular flexibility index (Phi) is 7.76. The van der Waals surface area contributed by atoms with Crippen LogP contribution in [0, 0.1) is 0 Å². The molecule has 10 heteroatoms. The van der Waals surface area contributed by atoms with E-state index in [0.29, 0.717) is 58.4 Å². The summed E-state index contributed by atoms with van der Waals surface area (Å²) in [7, 11) is 0. The lowest BCUT2D eigenvalue weighted by molar-refractivity contribution is -0.137. The Morgan fingerprint density at radius 3 is 2.33 bits per heavy atom. The minimum Gasteiger partial charge on any atom is -0.487 e. The highest BCUT2D eigenvalue weighted by Gasteiger charge is 2.33. The molecule has 208 valence electrons. The minimum absolute atomic E-state index is 0.0553. The van der Waals surface area contributed by atoms with Gasteiger partial charge in [0.05, 0.1) is 27.6 Å². The molecule has 0 atom stereocenters. The van der Waals surface area contributed by atoms with Gasteiger partial charge >= 0.3 is 6.18 Å². The summed E-state index contributed by atoms with van der Waals surface area (Å²) >= 11 is 5.67. The number of hydrogen-bond donors (Lipinski definition) is 0. The van der Waals surface area contributed by atoms with Crippen molar-refractivity contribution in [1.82, 2.24) is 4.98 Å². The molecule has 1 aliphatic heterocycles. The van der Waals surface area contributed by atoms with Crippen LogP contribution >= 0.6 is 11.6 Å². The van der Waals surface area contributed by atoms with Gasteiger partial charge in [-0.1, -0.05) is 29.8 Å². The number of pyridine rings is 1. The molecule has 0 bridgehead atoms. The number of fused-ring (bicyclic) bond motifs is 3. The number of carbonyl (C=O) groups excluding carboxylic acids is 1. The zero-order valence-corrected chi connectivity index (χ0v) is 22.4. The van der Waals surface area contributed by atoms with Gasteiger partial charge in [0.25, 0.3) is 0 Å². The summed E-state index contributed by atoms with van der Waals surface area (Å²) in [4.78, 5) is 17.1. The van der Waals surface area contributed by atoms with E-state index in [0.717, 1.165) is 12.1 Å². The number of nitrogens with zero attached hydrogens (tertiary/aromatic N) is 1. The van der Waals surface area contributed by atoms with E-state index in [-0.39, 0.29) is 30.3 Å². The molecule has 0 saturated heterocycles. The van der Waals surface area contributed by atoms with Crippen molar-refractivity contribution in [2.24, 2.45) is 0 Å². The fraction of sp³-hybridized carbons (Fsp3) is 0.267. The SMILES string of the molecule is CC(C)Oc1cc2nccc(Oc3ccc(CC(=O)Cc4ccc(Cl)c(C(F)(F)F)c4)cc3)c2c2c1OCCO2. The molecule has 4 aromatic rings. The van der Waals surface area contributed by atoms with Gasteiger partial charge in [-0.15, -0.1) is 0 Å². The monoisotopic (exact) mass is 571 g/mol. The molecule has 2 heterocycles. The predicted molar refractivity (Wildman–Crippen MR) is 144 cm³/mol. The van der Waals surface area contributed by atoms with Crippen LogP contribution in [0.25, 0.3) is 10.9 Å². The number of rotatable bonds is 8. The Hall–Kier alpha value is -3.98. The van der Waals surface area contributed by atoms with E-state index in [4.69, 9.17) is 30.5 Å². The van der Waals surface area contributed by atoms with E-state index < -0.39 is 16.8 Å². The van der Waals surface area contributed by atoms with Crippen LogP contribution in [0.2, 0.25) is 5.02 Å². The third kappa shape index (κ3) is 6.09. The van der Waals surface area contributed by atoms with Crippen molar-refractivity contribution in [1.29, 1.82) is 0 Å². The molecular formula is C30H25ClF3NO5. The number of Topliss-reactive ketones (excluding diaryl/α,β-unsaturated/α-hetero) is 1. The van der Waals surface area contributed by atoms with Crippen LogP contribution in [0.1, 0.15) is 30.5 Å². The van der Waals surface area contributed by atoms with Crippen molar-refractivity contribution in [3.8, 4) is 28.7 Å². The highest BCUT2D eigenvalue weighted by molar-refractivity contribution is 6.31. The maximum Gasteiger partial charge on any atom is 0.417 e. The number of benzene rings is 3. The summed E-state index contributed by atoms with van der Waals surface area (Å²) < 4.78 is 63.3. The van der Waals surface area contributed by atoms with Gasteiger partial charge in [0.1, 0.15) is 30.5 Å². The first-order chi connectivity index (χ1) is 19.1. The first-order valence-electron chi connectivity index (χ1n) is 12.6. The zero-order chi connectivity index (χ0) is 28.4. The Labute approximate surface area is 233 Å². The van der Waals surface area contributed by atoms with E-state index >= 15 is 0 Å². The van der Waals surface area contributed by atoms with Gasteiger partial charge in [0.2, 0.25) is 5.75 Å². The molecule has 0 spiro atoms. The van der Waals surface area contributed by atoms with E-state index in [1.165, 1.54) is 6.07 Å². The van der Waals surface area contributed by atoms with E-state index in [1.807, 2.05) is 13.8 Å². The summed E-state index contributed by atoms with van der Waals surface area (Å²) in [6.07, 6.45) is -3.12. The van der Waals surface area contributed by atoms with Crippen LogP contribution in [0.15, 0.2) is 60.8 Å². The lowest BCUT2D eigenvalue weighted by Crippen LogP contribution is -2.17. The molecule has 6 nitrogen and oxygen atoms in total. The van der Waals surface area contributed by atoms with Crippen LogP contribution in [-0.2, 0) is 23.8 Å². The smallest absolute Gasteiger partial charge is 0.417 e. The number of ketones is 1. The molecule has 0 amide bonds. The predicted octanol–water partition coefficient (Wildman–Crippen LogP) is 7.61. The van der Waals surface area contributed by atoms with Crippen LogP contribution in [0.3, 0.4) is 0 Å². The second-order valence-corrected chi connectivity index (χ2v) is 9.96. The molecular weight excluding hydrogens is 547 g/mol. The summed E-state index contributed by atoms with van der Waals surface area (Å²) in [6, 6.07) is 13.9. The zero-order valence-electron chi connectivity index (χ0n) is 21.7. The van der Waals surface area contributed by atoms with Gasteiger partial charge in [-0.25, -0.2) is 0 Å². The molecule has 1 aliphatic rings. The molecule has 3 aromatic carbocycles. The number of aromatic nitrogens is 1. The van der Waals surface area contributed by atoms with E-state index in [9.17, 15) is 18.0 Å². The molecule has 0 N–H and O–H groups in total. The molecule has 40 heavy (non-hydrogen) atoms. The summed E-state index contributed by atoms with van der Waals surface area (Å²) in [5.41, 5.74) is 0.622. The Morgan fingerprint density at radius 2 is 1.62 bits per heavy atom. The number of alkyl halides is 3. The highest BCUT2D eigenvalue weighted by atomic mass is 35.5. The molecule has 0 aliphatic carbocycles. The fourth-order valence-corrected chi connectivity index (χ4v) is 4.65. The van der Waals surface area contributed by atoms with Crippen molar-refractivity contribution >= 4 is 28.3 Å². The maximum atomic E-state index is 13.1. The average Bonchev–Trinajstić information content (AvgIpc) is 2.90. The second-order valence-electron chi connectivity index (χ2n) is 9.55. The summed E-state index contributed by atoms with van der Waals surface area (Å²) in [6.45, 7) is 4.61. The lowest BCUT2D eigenvalue weighted by atomic mass is 10.0. The van der Waals surface area contributed by atoms with Crippen LogP contribution in [-0.4, -0.2) is 30.1 Å². The number of carbonyl (C=O) groups is 1. The lowest BCUT2D eigenvalue weighted by Gasteiger charge is -2.24.